The molecule has 1 aliphatic carbocycles. The first-order chi connectivity index (χ1) is 9.25. The van der Waals surface area contributed by atoms with E-state index in [1.165, 1.54) is 6.42 Å². The van der Waals surface area contributed by atoms with Crippen molar-refractivity contribution in [3.05, 3.63) is 0 Å². The fourth-order valence-electron chi connectivity index (χ4n) is 2.99. The summed E-state index contributed by atoms with van der Waals surface area (Å²) < 4.78 is 0. The summed E-state index contributed by atoms with van der Waals surface area (Å²) in [5.41, 5.74) is 0. The Bertz CT molecular complexity index is 354. The van der Waals surface area contributed by atoms with Crippen LogP contribution >= 0.6 is 0 Å². The van der Waals surface area contributed by atoms with Crippen molar-refractivity contribution in [2.24, 2.45) is 5.92 Å². The molecule has 0 N–H and O–H groups in total. The molecule has 3 aliphatic rings. The Morgan fingerprint density at radius 1 is 0.684 bits per heavy atom. The molecule has 0 radical (unpaired) electrons. The van der Waals surface area contributed by atoms with Crippen molar-refractivity contribution in [1.29, 1.82) is 0 Å². The summed E-state index contributed by atoms with van der Waals surface area (Å²) >= 11 is 0. The highest BCUT2D eigenvalue weighted by molar-refractivity contribution is 5.81. The second-order valence-corrected chi connectivity index (χ2v) is 5.92. The van der Waals surface area contributed by atoms with Gasteiger partial charge < -0.3 is 14.7 Å². The zero-order chi connectivity index (χ0) is 13.2. The molecule has 3 fully saturated rings. The van der Waals surface area contributed by atoms with E-state index >= 15 is 0 Å². The molecule has 0 bridgehead atoms. The van der Waals surface area contributed by atoms with Gasteiger partial charge >= 0.3 is 6.03 Å². The van der Waals surface area contributed by atoms with Gasteiger partial charge in [0.05, 0.1) is 0 Å². The van der Waals surface area contributed by atoms with Gasteiger partial charge in [-0.1, -0.05) is 0 Å². The van der Waals surface area contributed by atoms with Gasteiger partial charge in [0.15, 0.2) is 0 Å². The summed E-state index contributed by atoms with van der Waals surface area (Å²) in [6, 6.07) is 0.179. The van der Waals surface area contributed by atoms with Crippen LogP contribution in [0.2, 0.25) is 0 Å². The van der Waals surface area contributed by atoms with Gasteiger partial charge in [-0.3, -0.25) is 4.79 Å². The standard InChI is InChI=1S/C14H23N3O2/c18-13(12-4-5-12)15-8-10-17(11-9-15)14(19)16-6-2-1-3-7-16/h12H,1-11H2. The first-order valence-electron chi connectivity index (χ1n) is 7.58. The van der Waals surface area contributed by atoms with Gasteiger partial charge in [-0.25, -0.2) is 4.79 Å². The van der Waals surface area contributed by atoms with Gasteiger partial charge in [-0.2, -0.15) is 0 Å². The van der Waals surface area contributed by atoms with E-state index in [9.17, 15) is 9.59 Å². The molecule has 106 valence electrons. The largest absolute Gasteiger partial charge is 0.339 e. The van der Waals surface area contributed by atoms with Crippen LogP contribution in [0.3, 0.4) is 0 Å². The van der Waals surface area contributed by atoms with Crippen molar-refractivity contribution in [3.8, 4) is 0 Å². The van der Waals surface area contributed by atoms with Gasteiger partial charge in [0.25, 0.3) is 0 Å². The van der Waals surface area contributed by atoms with E-state index in [2.05, 4.69) is 0 Å². The molecule has 3 rings (SSSR count). The lowest BCUT2D eigenvalue weighted by atomic mass is 10.1. The molecule has 3 amide bonds. The second-order valence-electron chi connectivity index (χ2n) is 5.92. The number of urea groups is 1. The van der Waals surface area contributed by atoms with Crippen molar-refractivity contribution in [2.75, 3.05) is 39.3 Å². The van der Waals surface area contributed by atoms with Crippen LogP contribution in [0.15, 0.2) is 0 Å². The zero-order valence-electron chi connectivity index (χ0n) is 11.5. The highest BCUT2D eigenvalue weighted by Gasteiger charge is 2.35. The lowest BCUT2D eigenvalue weighted by Gasteiger charge is -2.38. The summed E-state index contributed by atoms with van der Waals surface area (Å²) in [5, 5.41) is 0. The smallest absolute Gasteiger partial charge is 0.320 e. The van der Waals surface area contributed by atoms with E-state index in [0.29, 0.717) is 24.9 Å². The van der Waals surface area contributed by atoms with E-state index in [1.807, 2.05) is 14.7 Å². The maximum absolute atomic E-state index is 12.3. The van der Waals surface area contributed by atoms with Crippen molar-refractivity contribution >= 4 is 11.9 Å². The van der Waals surface area contributed by atoms with Crippen molar-refractivity contribution in [3.63, 3.8) is 0 Å². The number of carbonyl (C=O) groups is 2. The molecule has 0 unspecified atom stereocenters. The minimum atomic E-state index is 0.179. The number of likely N-dealkylation sites (tertiary alicyclic amines) is 1. The Kier molecular flexibility index (Phi) is 3.62. The van der Waals surface area contributed by atoms with Gasteiger partial charge in [0, 0.05) is 45.2 Å². The van der Waals surface area contributed by atoms with Crippen molar-refractivity contribution in [1.82, 2.24) is 14.7 Å². The van der Waals surface area contributed by atoms with Crippen LogP contribution in [0.5, 0.6) is 0 Å². The zero-order valence-corrected chi connectivity index (χ0v) is 11.5. The van der Waals surface area contributed by atoms with E-state index in [4.69, 9.17) is 0 Å². The maximum Gasteiger partial charge on any atom is 0.320 e. The number of piperazine rings is 1. The summed E-state index contributed by atoms with van der Waals surface area (Å²) in [7, 11) is 0. The summed E-state index contributed by atoms with van der Waals surface area (Å²) in [5.74, 6) is 0.606. The molecular weight excluding hydrogens is 242 g/mol. The SMILES string of the molecule is O=C(C1CC1)N1CCN(C(=O)N2CCCCC2)CC1. The average Bonchev–Trinajstić information content (AvgIpc) is 3.31. The molecule has 0 spiro atoms. The molecule has 0 atom stereocenters. The molecule has 2 heterocycles. The van der Waals surface area contributed by atoms with Crippen LogP contribution in [0.25, 0.3) is 0 Å². The molecule has 5 heteroatoms. The Balaban J connectivity index is 1.48. The van der Waals surface area contributed by atoms with Crippen LogP contribution in [-0.2, 0) is 4.79 Å². The molecule has 0 aromatic rings. The van der Waals surface area contributed by atoms with Crippen molar-refractivity contribution in [2.45, 2.75) is 32.1 Å². The predicted octanol–water partition coefficient (Wildman–Crippen LogP) is 1.15. The third-order valence-corrected chi connectivity index (χ3v) is 4.42. The summed E-state index contributed by atoms with van der Waals surface area (Å²) in [6.45, 7) is 4.64. The van der Waals surface area contributed by atoms with E-state index in [-0.39, 0.29) is 6.03 Å². The van der Waals surface area contributed by atoms with Crippen LogP contribution < -0.4 is 0 Å². The third-order valence-electron chi connectivity index (χ3n) is 4.42. The molecule has 1 saturated carbocycles. The van der Waals surface area contributed by atoms with E-state index < -0.39 is 0 Å². The highest BCUT2D eigenvalue weighted by atomic mass is 16.2. The van der Waals surface area contributed by atoms with Crippen LogP contribution in [0.1, 0.15) is 32.1 Å². The monoisotopic (exact) mass is 265 g/mol. The number of carbonyl (C=O) groups excluding carboxylic acids is 2. The minimum Gasteiger partial charge on any atom is -0.339 e. The van der Waals surface area contributed by atoms with Crippen LogP contribution in [-0.4, -0.2) is 65.9 Å². The Morgan fingerprint density at radius 3 is 1.79 bits per heavy atom. The lowest BCUT2D eigenvalue weighted by molar-refractivity contribution is -0.134. The summed E-state index contributed by atoms with van der Waals surface area (Å²) in [6.07, 6.45) is 5.63. The topological polar surface area (TPSA) is 43.9 Å². The van der Waals surface area contributed by atoms with Gasteiger partial charge in [-0.15, -0.1) is 0 Å². The summed E-state index contributed by atoms with van der Waals surface area (Å²) in [4.78, 5) is 30.1. The van der Waals surface area contributed by atoms with Gasteiger partial charge in [0.2, 0.25) is 5.91 Å². The maximum atomic E-state index is 12.3. The number of hydrogen-bond acceptors (Lipinski definition) is 2. The second kappa shape index (κ2) is 5.39. The molecule has 0 aromatic heterocycles. The fraction of sp³-hybridized carbons (Fsp3) is 0.857. The van der Waals surface area contributed by atoms with Gasteiger partial charge in [0.1, 0.15) is 0 Å². The molecular formula is C14H23N3O2. The Labute approximate surface area is 114 Å². The highest BCUT2D eigenvalue weighted by Crippen LogP contribution is 2.31. The van der Waals surface area contributed by atoms with Crippen LogP contribution in [0, 0.1) is 5.92 Å². The average molecular weight is 265 g/mol. The number of nitrogens with zero attached hydrogens (tertiary/aromatic N) is 3. The quantitative estimate of drug-likeness (QED) is 0.714. The Hall–Kier alpha value is -1.26. The Morgan fingerprint density at radius 2 is 1.21 bits per heavy atom. The molecule has 19 heavy (non-hydrogen) atoms. The number of hydrogen-bond donors (Lipinski definition) is 0. The molecule has 2 saturated heterocycles. The first-order valence-corrected chi connectivity index (χ1v) is 7.58. The minimum absolute atomic E-state index is 0.179. The normalized spacial score (nSPS) is 24.5. The molecule has 2 aliphatic heterocycles. The van der Waals surface area contributed by atoms with Crippen LogP contribution in [0.4, 0.5) is 4.79 Å². The number of amides is 3. The predicted molar refractivity (Wildman–Crippen MR) is 71.7 cm³/mol. The number of piperidine rings is 1. The van der Waals surface area contributed by atoms with E-state index in [1.54, 1.807) is 0 Å². The van der Waals surface area contributed by atoms with Gasteiger partial charge in [-0.05, 0) is 32.1 Å². The molecule has 5 nitrogen and oxygen atoms in total. The number of rotatable bonds is 1. The third kappa shape index (κ3) is 2.85. The van der Waals surface area contributed by atoms with E-state index in [0.717, 1.165) is 51.9 Å². The fourth-order valence-corrected chi connectivity index (χ4v) is 2.99. The molecule has 0 aromatic carbocycles. The lowest BCUT2D eigenvalue weighted by Crippen LogP contribution is -2.55. The first kappa shape index (κ1) is 12.8. The van der Waals surface area contributed by atoms with Crippen molar-refractivity contribution < 1.29 is 9.59 Å².